The predicted octanol–water partition coefficient (Wildman–Crippen LogP) is 2.54. The van der Waals surface area contributed by atoms with E-state index in [2.05, 4.69) is 17.6 Å². The van der Waals surface area contributed by atoms with Gasteiger partial charge in [0.25, 0.3) is 0 Å². The molecular weight excluding hydrogens is 291 g/mol. The molecule has 1 saturated heterocycles. The average Bonchev–Trinajstić information content (AvgIpc) is 2.41. The number of rotatable bonds is 4. The zero-order valence-corrected chi connectivity index (χ0v) is 13.4. The molecule has 3 nitrogen and oxygen atoms in total. The molecule has 0 saturated carbocycles. The smallest absolute Gasteiger partial charge is 0.223 e. The van der Waals surface area contributed by atoms with Crippen LogP contribution in [0.25, 0.3) is 0 Å². The first kappa shape index (κ1) is 17.9. The van der Waals surface area contributed by atoms with Gasteiger partial charge in [-0.2, -0.15) is 0 Å². The monoisotopic (exact) mass is 314 g/mol. The molecule has 1 aromatic rings. The highest BCUT2D eigenvalue weighted by atomic mass is 35.5. The Hall–Kier alpha value is -1.13. The minimum atomic E-state index is -0.250. The molecule has 5 heteroatoms. The highest BCUT2D eigenvalue weighted by Crippen LogP contribution is 2.14. The largest absolute Gasteiger partial charge is 0.352 e. The molecule has 3 unspecified atom stereocenters. The topological polar surface area (TPSA) is 41.1 Å². The summed E-state index contributed by atoms with van der Waals surface area (Å²) in [4.78, 5) is 12.2. The second kappa shape index (κ2) is 8.35. The fourth-order valence-electron chi connectivity index (χ4n) is 2.62. The van der Waals surface area contributed by atoms with Crippen molar-refractivity contribution < 1.29 is 9.18 Å². The van der Waals surface area contributed by atoms with Crippen LogP contribution < -0.4 is 10.6 Å². The first-order chi connectivity index (χ1) is 9.56. The van der Waals surface area contributed by atoms with Crippen LogP contribution in [-0.4, -0.2) is 25.0 Å². The Morgan fingerprint density at radius 3 is 2.95 bits per heavy atom. The zero-order chi connectivity index (χ0) is 14.5. The number of carbonyl (C=O) groups excluding carboxylic acids is 1. The molecule has 1 aromatic carbocycles. The molecule has 3 atom stereocenters. The lowest BCUT2D eigenvalue weighted by Gasteiger charge is -2.31. The van der Waals surface area contributed by atoms with E-state index in [1.54, 1.807) is 6.07 Å². The third-order valence-electron chi connectivity index (χ3n) is 4.03. The molecule has 21 heavy (non-hydrogen) atoms. The van der Waals surface area contributed by atoms with Crippen molar-refractivity contribution in [2.24, 2.45) is 11.8 Å². The van der Waals surface area contributed by atoms with Crippen LogP contribution in [0, 0.1) is 17.7 Å². The molecule has 0 aliphatic carbocycles. The van der Waals surface area contributed by atoms with Gasteiger partial charge in [0.1, 0.15) is 5.82 Å². The number of hydrogen-bond acceptors (Lipinski definition) is 2. The molecule has 0 radical (unpaired) electrons. The van der Waals surface area contributed by atoms with Crippen LogP contribution >= 0.6 is 12.4 Å². The highest BCUT2D eigenvalue weighted by Gasteiger charge is 2.24. The van der Waals surface area contributed by atoms with E-state index in [-0.39, 0.29) is 36.1 Å². The van der Waals surface area contributed by atoms with Gasteiger partial charge in [-0.15, -0.1) is 12.4 Å². The van der Waals surface area contributed by atoms with Crippen LogP contribution in [0.5, 0.6) is 0 Å². The Balaban J connectivity index is 0.00000220. The van der Waals surface area contributed by atoms with Crippen LogP contribution in [-0.2, 0) is 11.2 Å². The van der Waals surface area contributed by atoms with E-state index < -0.39 is 0 Å². The van der Waals surface area contributed by atoms with Crippen molar-refractivity contribution in [2.75, 3.05) is 13.1 Å². The van der Waals surface area contributed by atoms with Crippen LogP contribution in [0.4, 0.5) is 4.39 Å². The quantitative estimate of drug-likeness (QED) is 0.896. The number of carbonyl (C=O) groups is 1. The number of nitrogens with one attached hydrogen (secondary N) is 2. The summed E-state index contributed by atoms with van der Waals surface area (Å²) in [6, 6.07) is 6.66. The Bertz CT molecular complexity index is 469. The van der Waals surface area contributed by atoms with Gasteiger partial charge < -0.3 is 10.6 Å². The molecule has 0 bridgehead atoms. The van der Waals surface area contributed by atoms with Crippen molar-refractivity contribution >= 4 is 18.3 Å². The van der Waals surface area contributed by atoms with Crippen molar-refractivity contribution in [3.63, 3.8) is 0 Å². The van der Waals surface area contributed by atoms with Gasteiger partial charge in [-0.05, 0) is 43.0 Å². The first-order valence-corrected chi connectivity index (χ1v) is 7.32. The van der Waals surface area contributed by atoms with E-state index >= 15 is 0 Å². The number of benzene rings is 1. The molecule has 1 fully saturated rings. The predicted molar refractivity (Wildman–Crippen MR) is 85.1 cm³/mol. The SMILES string of the molecule is CC(Cc1cccc(F)c1)C(=O)NC1CNCCC1C.Cl. The van der Waals surface area contributed by atoms with Crippen LogP contribution in [0.15, 0.2) is 24.3 Å². The maximum Gasteiger partial charge on any atom is 0.223 e. The number of hydrogen-bond donors (Lipinski definition) is 2. The Kier molecular flexibility index (Phi) is 7.12. The molecule has 1 aliphatic heterocycles. The van der Waals surface area contributed by atoms with Gasteiger partial charge in [0.05, 0.1) is 0 Å². The second-order valence-corrected chi connectivity index (χ2v) is 5.82. The van der Waals surface area contributed by atoms with Gasteiger partial charge in [-0.1, -0.05) is 26.0 Å². The van der Waals surface area contributed by atoms with E-state index in [1.807, 2.05) is 13.0 Å². The normalized spacial score (nSPS) is 23.0. The number of piperidine rings is 1. The summed E-state index contributed by atoms with van der Waals surface area (Å²) in [5, 5.41) is 6.41. The molecule has 0 spiro atoms. The fraction of sp³-hybridized carbons (Fsp3) is 0.562. The fourth-order valence-corrected chi connectivity index (χ4v) is 2.62. The first-order valence-electron chi connectivity index (χ1n) is 7.32. The third-order valence-corrected chi connectivity index (χ3v) is 4.03. The standard InChI is InChI=1S/C16H23FN2O.ClH/c1-11-6-7-18-10-15(11)19-16(20)12(2)8-13-4-3-5-14(17)9-13;/h3-5,9,11-12,15,18H,6-8,10H2,1-2H3,(H,19,20);1H. The second-order valence-electron chi connectivity index (χ2n) is 5.82. The summed E-state index contributed by atoms with van der Waals surface area (Å²) < 4.78 is 13.1. The molecule has 2 rings (SSSR count). The Morgan fingerprint density at radius 2 is 2.29 bits per heavy atom. The van der Waals surface area contributed by atoms with E-state index in [4.69, 9.17) is 0 Å². The van der Waals surface area contributed by atoms with Crippen molar-refractivity contribution in [1.82, 2.24) is 10.6 Å². The van der Waals surface area contributed by atoms with Gasteiger partial charge >= 0.3 is 0 Å². The van der Waals surface area contributed by atoms with Crippen molar-refractivity contribution in [3.05, 3.63) is 35.6 Å². The number of amides is 1. The molecule has 118 valence electrons. The van der Waals surface area contributed by atoms with Gasteiger partial charge in [0, 0.05) is 18.5 Å². The summed E-state index contributed by atoms with van der Waals surface area (Å²) in [7, 11) is 0. The molecule has 1 aliphatic rings. The lowest BCUT2D eigenvalue weighted by molar-refractivity contribution is -0.125. The molecule has 0 aromatic heterocycles. The van der Waals surface area contributed by atoms with E-state index in [9.17, 15) is 9.18 Å². The van der Waals surface area contributed by atoms with Crippen LogP contribution in [0.2, 0.25) is 0 Å². The van der Waals surface area contributed by atoms with Crippen LogP contribution in [0.1, 0.15) is 25.8 Å². The summed E-state index contributed by atoms with van der Waals surface area (Å²) >= 11 is 0. The van der Waals surface area contributed by atoms with Crippen molar-refractivity contribution in [1.29, 1.82) is 0 Å². The Labute approximate surface area is 132 Å². The van der Waals surface area contributed by atoms with E-state index in [0.717, 1.165) is 25.1 Å². The summed E-state index contributed by atoms with van der Waals surface area (Å²) in [6.45, 7) is 5.91. The van der Waals surface area contributed by atoms with Gasteiger partial charge in [0.15, 0.2) is 0 Å². The molecule has 1 heterocycles. The maximum atomic E-state index is 13.1. The lowest BCUT2D eigenvalue weighted by atomic mass is 9.93. The molecular formula is C16H24ClFN2O. The van der Waals surface area contributed by atoms with Gasteiger partial charge in [0.2, 0.25) is 5.91 Å². The molecule has 1 amide bonds. The summed E-state index contributed by atoms with van der Waals surface area (Å²) in [5.74, 6) is 0.155. The van der Waals surface area contributed by atoms with E-state index in [1.165, 1.54) is 12.1 Å². The highest BCUT2D eigenvalue weighted by molar-refractivity contribution is 5.85. The zero-order valence-electron chi connectivity index (χ0n) is 12.6. The van der Waals surface area contributed by atoms with Crippen molar-refractivity contribution in [3.8, 4) is 0 Å². The van der Waals surface area contributed by atoms with E-state index in [0.29, 0.717) is 12.3 Å². The van der Waals surface area contributed by atoms with Crippen LogP contribution in [0.3, 0.4) is 0 Å². The minimum Gasteiger partial charge on any atom is -0.352 e. The maximum absolute atomic E-state index is 13.1. The third kappa shape index (κ3) is 5.29. The summed E-state index contributed by atoms with van der Waals surface area (Å²) in [6.07, 6.45) is 1.65. The average molecular weight is 315 g/mol. The minimum absolute atomic E-state index is 0. The van der Waals surface area contributed by atoms with Crippen molar-refractivity contribution in [2.45, 2.75) is 32.7 Å². The van der Waals surface area contributed by atoms with Gasteiger partial charge in [-0.25, -0.2) is 4.39 Å². The summed E-state index contributed by atoms with van der Waals surface area (Å²) in [5.41, 5.74) is 0.863. The molecule has 2 N–H and O–H groups in total. The Morgan fingerprint density at radius 1 is 1.52 bits per heavy atom. The lowest BCUT2D eigenvalue weighted by Crippen LogP contribution is -2.51. The van der Waals surface area contributed by atoms with Gasteiger partial charge in [-0.3, -0.25) is 4.79 Å². The number of halogens is 2.